The lowest BCUT2D eigenvalue weighted by atomic mass is 10.2. The van der Waals surface area contributed by atoms with Gasteiger partial charge in [0.05, 0.1) is 17.0 Å². The number of carbonyl (C=O) groups is 2. The molecule has 29 heavy (non-hydrogen) atoms. The fourth-order valence-corrected chi connectivity index (χ4v) is 3.90. The molecule has 8 nitrogen and oxygen atoms in total. The number of halogens is 1. The fraction of sp³-hybridized carbons (Fsp3) is 0.300. The van der Waals surface area contributed by atoms with Crippen LogP contribution in [-0.4, -0.2) is 45.0 Å². The molecule has 2 atom stereocenters. The largest absolute Gasteiger partial charge is 0.457 e. The van der Waals surface area contributed by atoms with Crippen LogP contribution in [0.2, 0.25) is 0 Å². The van der Waals surface area contributed by atoms with Crippen LogP contribution < -0.4 is 0 Å². The van der Waals surface area contributed by atoms with Crippen molar-refractivity contribution in [2.24, 2.45) is 0 Å². The summed E-state index contributed by atoms with van der Waals surface area (Å²) in [4.78, 5) is 36.5. The second-order valence-corrected chi connectivity index (χ2v) is 7.45. The molecule has 0 aliphatic carbocycles. The number of carbonyl (C=O) groups excluding carboxylic acids is 2. The molecule has 1 fully saturated rings. The quantitative estimate of drug-likeness (QED) is 0.192. The minimum Gasteiger partial charge on any atom is -0.457 e. The van der Waals surface area contributed by atoms with Gasteiger partial charge in [0.1, 0.15) is 12.7 Å². The van der Waals surface area contributed by atoms with Crippen LogP contribution in [0.15, 0.2) is 54.6 Å². The molecule has 0 spiro atoms. The van der Waals surface area contributed by atoms with Gasteiger partial charge in [-0.15, -0.1) is 0 Å². The zero-order valence-electron chi connectivity index (χ0n) is 15.4. The summed E-state index contributed by atoms with van der Waals surface area (Å²) in [6, 6.07) is 14.5. The van der Waals surface area contributed by atoms with E-state index in [1.165, 1.54) is 12.1 Å². The Morgan fingerprint density at radius 2 is 1.83 bits per heavy atom. The van der Waals surface area contributed by atoms with Crippen LogP contribution in [0, 0.1) is 10.1 Å². The average Bonchev–Trinajstić information content (AvgIpc) is 3.15. The topological polar surface area (TPSA) is 99.0 Å². The van der Waals surface area contributed by atoms with Gasteiger partial charge in [-0.1, -0.05) is 40.8 Å². The van der Waals surface area contributed by atoms with E-state index in [0.717, 1.165) is 0 Å². The van der Waals surface area contributed by atoms with E-state index in [1.54, 1.807) is 41.3 Å². The summed E-state index contributed by atoms with van der Waals surface area (Å²) in [7, 11) is 0. The van der Waals surface area contributed by atoms with Gasteiger partial charge in [-0.2, -0.15) is 0 Å². The molecule has 0 aromatic heterocycles. The van der Waals surface area contributed by atoms with Crippen LogP contribution in [0.1, 0.15) is 22.3 Å². The summed E-state index contributed by atoms with van der Waals surface area (Å²) in [5.41, 5.74) is 1.10. The highest BCUT2D eigenvalue weighted by atomic mass is 127. The van der Waals surface area contributed by atoms with Gasteiger partial charge < -0.3 is 14.4 Å². The first-order chi connectivity index (χ1) is 14.0. The average molecular weight is 510 g/mol. The van der Waals surface area contributed by atoms with E-state index in [4.69, 9.17) is 9.47 Å². The summed E-state index contributed by atoms with van der Waals surface area (Å²) in [6.07, 6.45) is -0.341. The molecule has 1 amide bonds. The number of ether oxygens (including phenoxy) is 2. The third-order valence-electron chi connectivity index (χ3n) is 4.58. The maximum Gasteiger partial charge on any atom is 0.410 e. The van der Waals surface area contributed by atoms with Crippen LogP contribution in [0.25, 0.3) is 0 Å². The van der Waals surface area contributed by atoms with Crippen LogP contribution in [0.5, 0.6) is 0 Å². The molecule has 9 heteroatoms. The Kier molecular flexibility index (Phi) is 7.02. The lowest BCUT2D eigenvalue weighted by Crippen LogP contribution is -2.37. The number of hydrogen-bond acceptors (Lipinski definition) is 6. The van der Waals surface area contributed by atoms with E-state index in [-0.39, 0.29) is 24.9 Å². The maximum atomic E-state index is 12.5. The van der Waals surface area contributed by atoms with E-state index in [1.807, 2.05) is 6.07 Å². The molecule has 2 aromatic carbocycles. The number of nitrogens with zero attached hydrogens (tertiary/aromatic N) is 2. The number of amides is 1. The highest BCUT2D eigenvalue weighted by molar-refractivity contribution is 14.1. The van der Waals surface area contributed by atoms with Gasteiger partial charge in [-0.25, -0.2) is 9.59 Å². The highest BCUT2D eigenvalue weighted by Crippen LogP contribution is 2.24. The summed E-state index contributed by atoms with van der Waals surface area (Å²) in [6.45, 7) is 0.279. The lowest BCUT2D eigenvalue weighted by Gasteiger charge is -2.22. The Balaban J connectivity index is 1.55. The van der Waals surface area contributed by atoms with E-state index >= 15 is 0 Å². The molecular formula is C20H19IN2O6. The molecule has 0 radical (unpaired) electrons. The number of alkyl halides is 1. The zero-order chi connectivity index (χ0) is 20.8. The second kappa shape index (κ2) is 9.68. The van der Waals surface area contributed by atoms with Crippen molar-refractivity contribution in [2.75, 3.05) is 11.0 Å². The molecule has 1 aliphatic rings. The zero-order valence-corrected chi connectivity index (χ0v) is 17.6. The number of nitro benzene ring substituents is 1. The minimum absolute atomic E-state index is 0.00969. The van der Waals surface area contributed by atoms with Crippen molar-refractivity contribution in [1.82, 2.24) is 4.90 Å². The smallest absolute Gasteiger partial charge is 0.410 e. The lowest BCUT2D eigenvalue weighted by molar-refractivity contribution is -0.384. The minimum atomic E-state index is -0.497. The molecule has 2 aromatic rings. The van der Waals surface area contributed by atoms with Crippen molar-refractivity contribution in [2.45, 2.75) is 25.2 Å². The molecular weight excluding hydrogens is 491 g/mol. The molecule has 0 saturated carbocycles. The summed E-state index contributed by atoms with van der Waals surface area (Å²) in [5, 5.41) is 10.7. The Labute approximate surface area is 181 Å². The van der Waals surface area contributed by atoms with Gasteiger partial charge in [0.2, 0.25) is 0 Å². The van der Waals surface area contributed by atoms with Gasteiger partial charge >= 0.3 is 12.1 Å². The van der Waals surface area contributed by atoms with Gasteiger partial charge in [0.25, 0.3) is 5.69 Å². The van der Waals surface area contributed by atoms with E-state index < -0.39 is 23.1 Å². The molecule has 3 rings (SSSR count). The number of rotatable bonds is 6. The summed E-state index contributed by atoms with van der Waals surface area (Å²) in [5.74, 6) is -0.413. The SMILES string of the molecule is O=C(OC1CC(CI)N(C(=O)OCc2ccc([N+](=O)[O-])cc2)C1)c1ccccc1. The van der Waals surface area contributed by atoms with Crippen molar-refractivity contribution in [3.8, 4) is 0 Å². The number of esters is 1. The van der Waals surface area contributed by atoms with Crippen LogP contribution >= 0.6 is 22.6 Å². The molecule has 152 valence electrons. The second-order valence-electron chi connectivity index (χ2n) is 6.57. The van der Waals surface area contributed by atoms with Crippen molar-refractivity contribution in [3.63, 3.8) is 0 Å². The molecule has 1 heterocycles. The van der Waals surface area contributed by atoms with E-state index in [9.17, 15) is 19.7 Å². The molecule has 0 N–H and O–H groups in total. The third-order valence-corrected chi connectivity index (χ3v) is 5.60. The van der Waals surface area contributed by atoms with Crippen LogP contribution in [0.4, 0.5) is 10.5 Å². The number of hydrogen-bond donors (Lipinski definition) is 0. The van der Waals surface area contributed by atoms with Crippen LogP contribution in [0.3, 0.4) is 0 Å². The Morgan fingerprint density at radius 1 is 1.14 bits per heavy atom. The Morgan fingerprint density at radius 3 is 2.45 bits per heavy atom. The Bertz CT molecular complexity index is 874. The number of nitro groups is 1. The molecule has 1 aliphatic heterocycles. The predicted molar refractivity (Wildman–Crippen MR) is 113 cm³/mol. The molecule has 0 bridgehead atoms. The first-order valence-corrected chi connectivity index (χ1v) is 10.5. The van der Waals surface area contributed by atoms with Crippen LogP contribution in [-0.2, 0) is 16.1 Å². The van der Waals surface area contributed by atoms with Gasteiger partial charge in [0, 0.05) is 29.0 Å². The van der Waals surface area contributed by atoms with E-state index in [0.29, 0.717) is 22.0 Å². The van der Waals surface area contributed by atoms with Crippen molar-refractivity contribution in [1.29, 1.82) is 0 Å². The number of non-ortho nitro benzene ring substituents is 1. The summed E-state index contributed by atoms with van der Waals surface area (Å²) < 4.78 is 11.6. The molecule has 1 saturated heterocycles. The van der Waals surface area contributed by atoms with Gasteiger partial charge in [-0.05, 0) is 29.8 Å². The monoisotopic (exact) mass is 510 g/mol. The van der Waals surface area contributed by atoms with Crippen molar-refractivity contribution < 1.29 is 24.0 Å². The van der Waals surface area contributed by atoms with Gasteiger partial charge in [-0.3, -0.25) is 10.1 Å². The normalized spacial score (nSPS) is 18.3. The molecule has 2 unspecified atom stereocenters. The first-order valence-electron chi connectivity index (χ1n) is 8.96. The van der Waals surface area contributed by atoms with Crippen molar-refractivity contribution in [3.05, 3.63) is 75.8 Å². The van der Waals surface area contributed by atoms with Gasteiger partial charge in [0.15, 0.2) is 0 Å². The number of benzene rings is 2. The third kappa shape index (κ3) is 5.43. The first kappa shape index (κ1) is 21.0. The number of likely N-dealkylation sites (tertiary alicyclic amines) is 1. The fourth-order valence-electron chi connectivity index (χ4n) is 3.06. The van der Waals surface area contributed by atoms with E-state index in [2.05, 4.69) is 22.6 Å². The standard InChI is InChI=1S/C20H19IN2O6/c21-11-17-10-18(29-19(24)15-4-2-1-3-5-15)12-22(17)20(25)28-13-14-6-8-16(9-7-14)23(26)27/h1-9,17-18H,10-13H2. The summed E-state index contributed by atoms with van der Waals surface area (Å²) >= 11 is 2.19. The maximum absolute atomic E-state index is 12.5. The predicted octanol–water partition coefficient (Wildman–Crippen LogP) is 3.97. The van der Waals surface area contributed by atoms with Crippen molar-refractivity contribution >= 4 is 40.3 Å². The highest BCUT2D eigenvalue weighted by Gasteiger charge is 2.37. The Hall–Kier alpha value is -2.69.